The molecule has 0 aromatic carbocycles. The second-order valence-electron chi connectivity index (χ2n) is 10.5. The van der Waals surface area contributed by atoms with Gasteiger partial charge in [-0.25, -0.2) is 0 Å². The largest absolute Gasteiger partial charge is 0.352 e. The smallest absolute Gasteiger partial charge is 0.225 e. The standard InChI is InChI=1S/C23H40N4O2/c1-15(2)22(28)24-20-13-27-10-7-18(20)12-19(27)11-16(3)23(29)25(4)21-14-26-8-5-17(21)6-9-26/h15-21H,5-14H2,1-4H3,(H,24,28)/t16?,18?,19?,20-,21?/m0/s1. The maximum Gasteiger partial charge on any atom is 0.225 e. The normalized spacial score (nSPS) is 39.4. The number of rotatable bonds is 6. The van der Waals surface area contributed by atoms with Crippen LogP contribution in [0.2, 0.25) is 0 Å². The lowest BCUT2D eigenvalue weighted by atomic mass is 9.77. The maximum atomic E-state index is 13.2. The Hall–Kier alpha value is -1.14. The third-order valence-electron chi connectivity index (χ3n) is 8.24. The van der Waals surface area contributed by atoms with Gasteiger partial charge in [-0.15, -0.1) is 0 Å². The van der Waals surface area contributed by atoms with Crippen molar-refractivity contribution in [3.05, 3.63) is 0 Å². The maximum absolute atomic E-state index is 13.2. The molecule has 6 heterocycles. The van der Waals surface area contributed by atoms with Crippen molar-refractivity contribution in [1.29, 1.82) is 0 Å². The second kappa shape index (κ2) is 8.54. The molecule has 4 bridgehead atoms. The SMILES string of the molecule is CC(C)C(=O)N[C@H]1CN2CCC1CC2CC(C)C(=O)N(C)C1CN2CCC1CC2. The number of likely N-dealkylation sites (N-methyl/N-ethyl adjacent to an activating group) is 1. The van der Waals surface area contributed by atoms with Crippen LogP contribution >= 0.6 is 0 Å². The molecular weight excluding hydrogens is 364 g/mol. The van der Waals surface area contributed by atoms with E-state index in [1.807, 2.05) is 20.9 Å². The van der Waals surface area contributed by atoms with E-state index in [-0.39, 0.29) is 23.8 Å². The average Bonchev–Trinajstić information content (AvgIpc) is 2.74. The fourth-order valence-corrected chi connectivity index (χ4v) is 6.29. The highest BCUT2D eigenvalue weighted by atomic mass is 16.2. The molecule has 6 heteroatoms. The Morgan fingerprint density at radius 2 is 1.72 bits per heavy atom. The van der Waals surface area contributed by atoms with Crippen LogP contribution in [0.4, 0.5) is 0 Å². The molecule has 0 radical (unpaired) electrons. The highest BCUT2D eigenvalue weighted by Crippen LogP contribution is 2.36. The summed E-state index contributed by atoms with van der Waals surface area (Å²) < 4.78 is 0. The van der Waals surface area contributed by atoms with Gasteiger partial charge >= 0.3 is 0 Å². The minimum absolute atomic E-state index is 0.0424. The summed E-state index contributed by atoms with van der Waals surface area (Å²) in [5, 5.41) is 3.26. The molecule has 6 aliphatic heterocycles. The Bertz CT molecular complexity index is 616. The summed E-state index contributed by atoms with van der Waals surface area (Å²) in [6.07, 6.45) is 5.73. The summed E-state index contributed by atoms with van der Waals surface area (Å²) in [6.45, 7) is 11.6. The summed E-state index contributed by atoms with van der Waals surface area (Å²) in [5.41, 5.74) is 0. The molecule has 6 fully saturated rings. The Morgan fingerprint density at radius 3 is 2.28 bits per heavy atom. The van der Waals surface area contributed by atoms with Gasteiger partial charge < -0.3 is 15.1 Å². The lowest BCUT2D eigenvalue weighted by molar-refractivity contribution is -0.140. The van der Waals surface area contributed by atoms with E-state index in [2.05, 4.69) is 26.9 Å². The van der Waals surface area contributed by atoms with Crippen LogP contribution in [0.15, 0.2) is 0 Å². The number of carbonyl (C=O) groups is 2. The van der Waals surface area contributed by atoms with Crippen molar-refractivity contribution in [1.82, 2.24) is 20.0 Å². The lowest BCUT2D eigenvalue weighted by Gasteiger charge is -2.51. The fourth-order valence-electron chi connectivity index (χ4n) is 6.29. The van der Waals surface area contributed by atoms with E-state index in [4.69, 9.17) is 0 Å². The van der Waals surface area contributed by atoms with Crippen molar-refractivity contribution in [2.24, 2.45) is 23.7 Å². The summed E-state index contributed by atoms with van der Waals surface area (Å²) in [7, 11) is 2.04. The van der Waals surface area contributed by atoms with Crippen molar-refractivity contribution in [2.45, 2.75) is 71.0 Å². The van der Waals surface area contributed by atoms with Gasteiger partial charge in [0.2, 0.25) is 11.8 Å². The minimum Gasteiger partial charge on any atom is -0.352 e. The first-order valence-corrected chi connectivity index (χ1v) is 11.9. The van der Waals surface area contributed by atoms with E-state index >= 15 is 0 Å². The van der Waals surface area contributed by atoms with Crippen LogP contribution in [0, 0.1) is 23.7 Å². The molecule has 6 aliphatic rings. The molecule has 0 aromatic heterocycles. The molecular formula is C23H40N4O2. The third-order valence-corrected chi connectivity index (χ3v) is 8.24. The van der Waals surface area contributed by atoms with Crippen molar-refractivity contribution in [3.63, 3.8) is 0 Å². The van der Waals surface area contributed by atoms with Gasteiger partial charge in [-0.1, -0.05) is 20.8 Å². The first kappa shape index (κ1) is 21.1. The number of carbonyl (C=O) groups excluding carboxylic acids is 2. The molecule has 6 rings (SSSR count). The number of fused-ring (bicyclic) bond motifs is 6. The van der Waals surface area contributed by atoms with Crippen LogP contribution in [0.25, 0.3) is 0 Å². The van der Waals surface area contributed by atoms with Gasteiger partial charge in [-0.2, -0.15) is 0 Å². The van der Waals surface area contributed by atoms with Crippen molar-refractivity contribution >= 4 is 11.8 Å². The van der Waals surface area contributed by atoms with Gasteiger partial charge in [-0.3, -0.25) is 14.5 Å². The zero-order valence-electron chi connectivity index (χ0n) is 18.8. The van der Waals surface area contributed by atoms with Gasteiger partial charge in [0.25, 0.3) is 0 Å². The topological polar surface area (TPSA) is 55.9 Å². The molecule has 2 amide bonds. The Kier molecular flexibility index (Phi) is 6.22. The second-order valence-corrected chi connectivity index (χ2v) is 10.5. The Balaban J connectivity index is 1.30. The lowest BCUT2D eigenvalue weighted by Crippen LogP contribution is -2.62. The number of hydrogen-bond donors (Lipinski definition) is 1. The van der Waals surface area contributed by atoms with Crippen LogP contribution in [-0.2, 0) is 9.59 Å². The Labute approximate surface area is 176 Å². The summed E-state index contributed by atoms with van der Waals surface area (Å²) in [6, 6.07) is 1.18. The number of amides is 2. The van der Waals surface area contributed by atoms with Crippen LogP contribution in [0.5, 0.6) is 0 Å². The zero-order chi connectivity index (χ0) is 20.7. The molecule has 5 unspecified atom stereocenters. The zero-order valence-corrected chi connectivity index (χ0v) is 18.8. The van der Waals surface area contributed by atoms with Gasteiger partial charge in [0.15, 0.2) is 0 Å². The van der Waals surface area contributed by atoms with Gasteiger partial charge in [0.1, 0.15) is 0 Å². The molecule has 6 saturated heterocycles. The number of nitrogens with zero attached hydrogens (tertiary/aromatic N) is 3. The highest BCUT2D eigenvalue weighted by molar-refractivity contribution is 5.79. The monoisotopic (exact) mass is 404 g/mol. The van der Waals surface area contributed by atoms with Gasteiger partial charge in [0.05, 0.1) is 0 Å². The van der Waals surface area contributed by atoms with E-state index in [1.165, 1.54) is 32.4 Å². The van der Waals surface area contributed by atoms with Crippen LogP contribution in [0.3, 0.4) is 0 Å². The molecule has 164 valence electrons. The number of hydrogen-bond acceptors (Lipinski definition) is 4. The highest BCUT2D eigenvalue weighted by Gasteiger charge is 2.43. The number of piperidine rings is 6. The minimum atomic E-state index is 0.0424. The Morgan fingerprint density at radius 1 is 1.03 bits per heavy atom. The quantitative estimate of drug-likeness (QED) is 0.734. The molecule has 0 saturated carbocycles. The van der Waals surface area contributed by atoms with Gasteiger partial charge in [-0.05, 0) is 63.6 Å². The first-order chi connectivity index (χ1) is 13.8. The summed E-state index contributed by atoms with van der Waals surface area (Å²) in [5.74, 6) is 1.87. The predicted octanol–water partition coefficient (Wildman–Crippen LogP) is 1.80. The average molecular weight is 405 g/mol. The van der Waals surface area contributed by atoms with Crippen LogP contribution < -0.4 is 5.32 Å². The van der Waals surface area contributed by atoms with E-state index in [0.29, 0.717) is 29.8 Å². The van der Waals surface area contributed by atoms with Crippen LogP contribution in [-0.4, -0.2) is 84.4 Å². The van der Waals surface area contributed by atoms with Crippen molar-refractivity contribution in [2.75, 3.05) is 39.8 Å². The van der Waals surface area contributed by atoms with Gasteiger partial charge in [0, 0.05) is 50.1 Å². The number of nitrogens with one attached hydrogen (secondary N) is 1. The van der Waals surface area contributed by atoms with E-state index < -0.39 is 0 Å². The molecule has 6 atom stereocenters. The van der Waals surface area contributed by atoms with Crippen molar-refractivity contribution < 1.29 is 9.59 Å². The molecule has 6 nitrogen and oxygen atoms in total. The molecule has 29 heavy (non-hydrogen) atoms. The van der Waals surface area contributed by atoms with E-state index in [0.717, 1.165) is 32.5 Å². The first-order valence-electron chi connectivity index (χ1n) is 11.9. The fraction of sp³-hybridized carbons (Fsp3) is 0.913. The molecule has 0 spiro atoms. The molecule has 1 N–H and O–H groups in total. The summed E-state index contributed by atoms with van der Waals surface area (Å²) in [4.78, 5) is 32.5. The van der Waals surface area contributed by atoms with Crippen molar-refractivity contribution in [3.8, 4) is 0 Å². The predicted molar refractivity (Wildman–Crippen MR) is 114 cm³/mol. The molecule has 0 aromatic rings. The molecule has 0 aliphatic carbocycles. The van der Waals surface area contributed by atoms with Crippen LogP contribution in [0.1, 0.15) is 52.9 Å². The van der Waals surface area contributed by atoms with E-state index in [9.17, 15) is 9.59 Å². The van der Waals surface area contributed by atoms with E-state index in [1.54, 1.807) is 0 Å². The third kappa shape index (κ3) is 4.34. The summed E-state index contributed by atoms with van der Waals surface area (Å²) >= 11 is 0.